The number of rotatable bonds is 16. The van der Waals surface area contributed by atoms with Gasteiger partial charge in [-0.2, -0.15) is 0 Å². The van der Waals surface area contributed by atoms with E-state index in [-0.39, 0.29) is 31.6 Å². The van der Waals surface area contributed by atoms with Gasteiger partial charge in [0.2, 0.25) is 5.91 Å². The minimum absolute atomic E-state index is 0.0651. The van der Waals surface area contributed by atoms with E-state index in [0.29, 0.717) is 56.5 Å². The maximum absolute atomic E-state index is 14.5. The van der Waals surface area contributed by atoms with Crippen molar-refractivity contribution in [2.75, 3.05) is 38.3 Å². The van der Waals surface area contributed by atoms with E-state index in [1.807, 2.05) is 13.0 Å². The molecule has 9 heteroatoms. The second-order valence-corrected chi connectivity index (χ2v) is 11.4. The van der Waals surface area contributed by atoms with Crippen LogP contribution in [0.4, 0.5) is 5.69 Å². The van der Waals surface area contributed by atoms with Crippen LogP contribution in [-0.2, 0) is 23.9 Å². The van der Waals surface area contributed by atoms with E-state index < -0.39 is 35.0 Å². The number of allylic oxidation sites excluding steroid dienone is 1. The summed E-state index contributed by atoms with van der Waals surface area (Å²) < 4.78 is 17.7. The van der Waals surface area contributed by atoms with E-state index in [1.165, 1.54) is 0 Å². The number of anilines is 1. The van der Waals surface area contributed by atoms with Gasteiger partial charge < -0.3 is 29.1 Å². The van der Waals surface area contributed by atoms with Crippen molar-refractivity contribution < 1.29 is 33.7 Å². The molecule has 3 aliphatic heterocycles. The minimum atomic E-state index is -1.13. The molecule has 2 amide bonds. The molecule has 0 aromatic heterocycles. The van der Waals surface area contributed by atoms with Crippen LogP contribution in [0.2, 0.25) is 0 Å². The van der Waals surface area contributed by atoms with Crippen LogP contribution < -0.4 is 9.64 Å². The second-order valence-electron chi connectivity index (χ2n) is 11.4. The first-order valence-electron chi connectivity index (χ1n) is 14.7. The Morgan fingerprint density at radius 2 is 1.88 bits per heavy atom. The predicted molar refractivity (Wildman–Crippen MR) is 155 cm³/mol. The molecule has 1 spiro atoms. The number of likely N-dealkylation sites (tertiary alicyclic amines) is 1. The fraction of sp³-hybridized carbons (Fsp3) is 0.594. The Labute approximate surface area is 243 Å². The maximum atomic E-state index is 14.5. The Hall–Kier alpha value is -3.17. The monoisotopic (exact) mass is 568 g/mol. The number of aliphatic hydroxyl groups excluding tert-OH is 1. The van der Waals surface area contributed by atoms with Gasteiger partial charge in [0, 0.05) is 25.4 Å². The van der Waals surface area contributed by atoms with Crippen LogP contribution in [0.25, 0.3) is 0 Å². The first-order valence-corrected chi connectivity index (χ1v) is 14.7. The van der Waals surface area contributed by atoms with E-state index in [0.717, 1.165) is 12.8 Å². The van der Waals surface area contributed by atoms with Gasteiger partial charge in [-0.1, -0.05) is 12.2 Å². The van der Waals surface area contributed by atoms with Crippen LogP contribution in [0.15, 0.2) is 49.6 Å². The number of carbonyl (C=O) groups excluding carboxylic acids is 3. The number of hydrogen-bond acceptors (Lipinski definition) is 7. The molecule has 0 radical (unpaired) electrons. The molecule has 3 heterocycles. The number of nitrogens with zero attached hydrogens (tertiary/aromatic N) is 2. The van der Waals surface area contributed by atoms with E-state index in [2.05, 4.69) is 13.2 Å². The van der Waals surface area contributed by atoms with Crippen LogP contribution in [0.3, 0.4) is 0 Å². The van der Waals surface area contributed by atoms with Crippen molar-refractivity contribution >= 4 is 23.5 Å². The van der Waals surface area contributed by atoms with Crippen LogP contribution in [0.1, 0.15) is 58.3 Å². The molecule has 9 nitrogen and oxygen atoms in total. The van der Waals surface area contributed by atoms with E-state index >= 15 is 0 Å². The Morgan fingerprint density at radius 3 is 2.54 bits per heavy atom. The average Bonchev–Trinajstić information content (AvgIpc) is 3.54. The third kappa shape index (κ3) is 5.79. The summed E-state index contributed by atoms with van der Waals surface area (Å²) in [4.78, 5) is 45.5. The molecule has 3 aliphatic rings. The zero-order valence-corrected chi connectivity index (χ0v) is 24.4. The summed E-state index contributed by atoms with van der Waals surface area (Å²) in [5, 5.41) is 9.27. The normalized spacial score (nSPS) is 27.9. The Balaban J connectivity index is 1.67. The van der Waals surface area contributed by atoms with Crippen LogP contribution in [0.5, 0.6) is 5.75 Å². The van der Waals surface area contributed by atoms with E-state index in [4.69, 9.17) is 14.2 Å². The number of amides is 2. The summed E-state index contributed by atoms with van der Waals surface area (Å²) in [5.74, 6) is -1.85. The molecule has 5 atom stereocenters. The number of carbonyl (C=O) groups is 3. The van der Waals surface area contributed by atoms with Crippen molar-refractivity contribution in [3.05, 3.63) is 49.6 Å². The van der Waals surface area contributed by atoms with Gasteiger partial charge in [-0.05, 0) is 82.6 Å². The number of esters is 1. The topological polar surface area (TPSA) is 106 Å². The highest BCUT2D eigenvalue weighted by molar-refractivity contribution is 6.04. The van der Waals surface area contributed by atoms with Crippen molar-refractivity contribution in [2.45, 2.75) is 75.5 Å². The van der Waals surface area contributed by atoms with Gasteiger partial charge in [0.05, 0.1) is 25.2 Å². The van der Waals surface area contributed by atoms with Crippen molar-refractivity contribution in [1.29, 1.82) is 0 Å². The first kappa shape index (κ1) is 30.8. The van der Waals surface area contributed by atoms with Gasteiger partial charge in [-0.3, -0.25) is 14.4 Å². The quantitative estimate of drug-likeness (QED) is 0.182. The molecule has 3 fully saturated rings. The Kier molecular flexibility index (Phi) is 9.92. The fourth-order valence-electron chi connectivity index (χ4n) is 6.89. The summed E-state index contributed by atoms with van der Waals surface area (Å²) in [6, 6.07) is 6.28. The van der Waals surface area contributed by atoms with Crippen LogP contribution in [0, 0.1) is 11.8 Å². The molecule has 1 N–H and O–H groups in total. The third-order valence-corrected chi connectivity index (χ3v) is 8.83. The molecular weight excluding hydrogens is 524 g/mol. The molecule has 2 bridgehead atoms. The molecule has 3 saturated heterocycles. The van der Waals surface area contributed by atoms with Gasteiger partial charge in [0.1, 0.15) is 23.3 Å². The second kappa shape index (κ2) is 13.2. The number of aliphatic hydroxyl groups is 1. The number of methoxy groups -OCH3 is 1. The molecule has 2 unspecified atom stereocenters. The zero-order valence-electron chi connectivity index (χ0n) is 24.4. The van der Waals surface area contributed by atoms with E-state index in [1.54, 1.807) is 47.3 Å². The number of benzene rings is 1. The summed E-state index contributed by atoms with van der Waals surface area (Å²) in [6.07, 6.45) is 8.90. The highest BCUT2D eigenvalue weighted by Gasteiger charge is 2.78. The first-order chi connectivity index (χ1) is 19.8. The smallest absolute Gasteiger partial charge is 0.312 e. The lowest BCUT2D eigenvalue weighted by atomic mass is 9.66. The summed E-state index contributed by atoms with van der Waals surface area (Å²) in [7, 11) is 1.58. The maximum Gasteiger partial charge on any atom is 0.312 e. The van der Waals surface area contributed by atoms with Crippen molar-refractivity contribution in [1.82, 2.24) is 4.90 Å². The average molecular weight is 569 g/mol. The summed E-state index contributed by atoms with van der Waals surface area (Å²) >= 11 is 0. The molecule has 0 aliphatic carbocycles. The standard InChI is InChI=1S/C32H44N2O7/c1-5-7-8-12-22-40-30(38)26-25-28(36)34(20-10-9-11-21-35)27(32(25)18-17-31(26,3)41-32)29(37)33(19-6-2)23-13-15-24(39-4)16-14-23/h5-6,13-16,25-27,35H,1-2,7-12,17-22H2,3-4H3/t25-,26-,27?,31+,32?/m0/s1. The molecule has 41 heavy (non-hydrogen) atoms. The van der Waals surface area contributed by atoms with Crippen LogP contribution >= 0.6 is 0 Å². The molecule has 1 aromatic rings. The number of ether oxygens (including phenoxy) is 3. The molecule has 4 rings (SSSR count). The Morgan fingerprint density at radius 1 is 1.12 bits per heavy atom. The fourth-order valence-corrected chi connectivity index (χ4v) is 6.89. The number of unbranched alkanes of at least 4 members (excludes halogenated alkanes) is 4. The number of fused-ring (bicyclic) bond motifs is 1. The van der Waals surface area contributed by atoms with E-state index in [9.17, 15) is 19.5 Å². The van der Waals surface area contributed by atoms with Crippen LogP contribution in [-0.4, -0.2) is 78.4 Å². The third-order valence-electron chi connectivity index (χ3n) is 8.83. The number of hydrogen-bond donors (Lipinski definition) is 1. The SMILES string of the molecule is C=CCCCCOC(=O)[C@@H]1[C@H]2C(=O)N(CCCCCO)C(C(=O)N(CC=C)c3ccc(OC)cc3)C23CC[C@@]1(C)O3. The lowest BCUT2D eigenvalue weighted by molar-refractivity contribution is -0.159. The molecular formula is C32H44N2O7. The lowest BCUT2D eigenvalue weighted by Crippen LogP contribution is -2.56. The lowest BCUT2D eigenvalue weighted by Gasteiger charge is -2.37. The predicted octanol–water partition coefficient (Wildman–Crippen LogP) is 4.04. The molecule has 1 aromatic carbocycles. The largest absolute Gasteiger partial charge is 0.497 e. The highest BCUT2D eigenvalue weighted by Crippen LogP contribution is 2.63. The highest BCUT2D eigenvalue weighted by atomic mass is 16.6. The Bertz CT molecular complexity index is 1120. The molecule has 224 valence electrons. The van der Waals surface area contributed by atoms with Crippen molar-refractivity contribution in [3.8, 4) is 5.75 Å². The minimum Gasteiger partial charge on any atom is -0.497 e. The van der Waals surface area contributed by atoms with Gasteiger partial charge in [0.25, 0.3) is 5.91 Å². The van der Waals surface area contributed by atoms with Gasteiger partial charge >= 0.3 is 5.97 Å². The molecule has 0 saturated carbocycles. The van der Waals surface area contributed by atoms with Crippen molar-refractivity contribution in [2.24, 2.45) is 11.8 Å². The van der Waals surface area contributed by atoms with Gasteiger partial charge in [0.15, 0.2) is 0 Å². The van der Waals surface area contributed by atoms with Gasteiger partial charge in [-0.15, -0.1) is 13.2 Å². The van der Waals surface area contributed by atoms with Crippen molar-refractivity contribution in [3.63, 3.8) is 0 Å². The summed E-state index contributed by atoms with van der Waals surface area (Å²) in [5.41, 5.74) is -1.36. The van der Waals surface area contributed by atoms with Gasteiger partial charge in [-0.25, -0.2) is 0 Å². The zero-order chi connectivity index (χ0) is 29.6. The summed E-state index contributed by atoms with van der Waals surface area (Å²) in [6.45, 7) is 10.4.